The van der Waals surface area contributed by atoms with Gasteiger partial charge in [0.15, 0.2) is 5.96 Å². The third-order valence-corrected chi connectivity index (χ3v) is 6.65. The summed E-state index contributed by atoms with van der Waals surface area (Å²) in [6, 6.07) is 1.77. The van der Waals surface area contributed by atoms with Crippen LogP contribution in [0.15, 0.2) is 35.5 Å². The average Bonchev–Trinajstić information content (AvgIpc) is 3.37. The number of carbonyl (C=O) groups is 6. The third-order valence-electron chi connectivity index (χ3n) is 6.29. The Hall–Kier alpha value is -4.84. The Labute approximate surface area is 257 Å². The number of amides is 4. The number of aromatic nitrogens is 1. The van der Waals surface area contributed by atoms with E-state index in [-0.39, 0.29) is 31.1 Å². The van der Waals surface area contributed by atoms with Crippen LogP contribution in [0.1, 0.15) is 24.8 Å². The smallest absolute Gasteiger partial charge is 0.327 e. The minimum atomic E-state index is -1.65. The van der Waals surface area contributed by atoms with Gasteiger partial charge in [-0.2, -0.15) is 12.6 Å². The second-order valence-corrected chi connectivity index (χ2v) is 10.1. The number of aromatic amines is 1. The van der Waals surface area contributed by atoms with Gasteiger partial charge in [-0.15, -0.1) is 0 Å². The summed E-state index contributed by atoms with van der Waals surface area (Å²) in [5, 5.41) is 28.7. The van der Waals surface area contributed by atoms with Crippen LogP contribution >= 0.6 is 12.6 Å². The molecule has 17 nitrogen and oxygen atoms in total. The van der Waals surface area contributed by atoms with E-state index >= 15 is 0 Å². The minimum Gasteiger partial charge on any atom is -0.481 e. The fraction of sp³-hybridized carbons (Fsp3) is 0.423. The van der Waals surface area contributed by atoms with Crippen LogP contribution in [0.3, 0.4) is 0 Å². The molecule has 0 fully saturated rings. The number of benzene rings is 1. The lowest BCUT2D eigenvalue weighted by molar-refractivity contribution is -0.142. The van der Waals surface area contributed by atoms with Gasteiger partial charge in [0, 0.05) is 35.8 Å². The summed E-state index contributed by atoms with van der Waals surface area (Å²) in [7, 11) is 0. The molecule has 2 aromatic rings. The molecule has 0 saturated carbocycles. The molecule has 13 N–H and O–H groups in total. The number of guanidine groups is 1. The molecule has 4 atom stereocenters. The van der Waals surface area contributed by atoms with Crippen molar-refractivity contribution >= 4 is 65.1 Å². The number of nitrogens with one attached hydrogen (secondary N) is 5. The molecular formula is C26H37N9O8S. The molecule has 0 saturated heterocycles. The Balaban J connectivity index is 2.13. The molecule has 2 rings (SSSR count). The first-order valence-electron chi connectivity index (χ1n) is 13.4. The standard InChI is InChI=1S/C26H37N9O8S/c27-15(5-3-7-30-26(28)29)22(39)32-11-20(36)33-18(9-21(37)38)24(41)34-17(23(40)35-19(12-44)25(42)43)8-13-10-31-16-6-2-1-4-14(13)16/h1-2,4,6,10,15,17-19,31,44H,3,5,7-9,11-12,27H2,(H,32,39)(H,33,36)(H,34,41)(H,35,40)(H,37,38)(H,42,43)(H4,28,29,30)/t15-,17-,18-,19-/m0/s1. The molecule has 0 aliphatic heterocycles. The Morgan fingerprint density at radius 3 is 2.23 bits per heavy atom. The lowest BCUT2D eigenvalue weighted by Crippen LogP contribution is -2.57. The van der Waals surface area contributed by atoms with Crippen molar-refractivity contribution in [3.05, 3.63) is 36.0 Å². The van der Waals surface area contributed by atoms with Crippen LogP contribution in [0, 0.1) is 0 Å². The summed E-state index contributed by atoms with van der Waals surface area (Å²) in [6.07, 6.45) is 1.27. The highest BCUT2D eigenvalue weighted by Crippen LogP contribution is 2.19. The number of H-pyrrole nitrogens is 1. The summed E-state index contributed by atoms with van der Waals surface area (Å²) in [6.45, 7) is -0.369. The third kappa shape index (κ3) is 11.4. The van der Waals surface area contributed by atoms with Gasteiger partial charge in [0.1, 0.15) is 18.1 Å². The van der Waals surface area contributed by atoms with Crippen molar-refractivity contribution in [2.24, 2.45) is 22.2 Å². The van der Waals surface area contributed by atoms with Crippen LogP contribution in [-0.4, -0.2) is 99.7 Å². The zero-order valence-corrected chi connectivity index (χ0v) is 24.5. The monoisotopic (exact) mass is 635 g/mol. The second-order valence-electron chi connectivity index (χ2n) is 9.70. The number of aliphatic carboxylic acids is 2. The van der Waals surface area contributed by atoms with Crippen LogP contribution in [0.5, 0.6) is 0 Å². The fourth-order valence-corrected chi connectivity index (χ4v) is 4.29. The van der Waals surface area contributed by atoms with E-state index in [9.17, 15) is 39.0 Å². The van der Waals surface area contributed by atoms with E-state index in [2.05, 4.69) is 43.9 Å². The molecule has 0 aliphatic carbocycles. The Morgan fingerprint density at radius 2 is 1.59 bits per heavy atom. The van der Waals surface area contributed by atoms with Gasteiger partial charge in [0.25, 0.3) is 0 Å². The number of hydrogen-bond acceptors (Lipinski definition) is 9. The van der Waals surface area contributed by atoms with E-state index in [0.29, 0.717) is 12.0 Å². The van der Waals surface area contributed by atoms with Crippen molar-refractivity contribution in [2.75, 3.05) is 18.8 Å². The molecule has 18 heteroatoms. The Morgan fingerprint density at radius 1 is 0.932 bits per heavy atom. The van der Waals surface area contributed by atoms with Crippen molar-refractivity contribution in [1.29, 1.82) is 0 Å². The number of aliphatic imine (C=N–C) groups is 1. The number of carboxylic acids is 2. The van der Waals surface area contributed by atoms with Gasteiger partial charge in [0.05, 0.1) is 19.0 Å². The fourth-order valence-electron chi connectivity index (χ4n) is 4.04. The Kier molecular flexibility index (Phi) is 13.9. The molecule has 1 aromatic heterocycles. The maximum atomic E-state index is 13.2. The molecule has 0 aliphatic rings. The highest BCUT2D eigenvalue weighted by Gasteiger charge is 2.31. The normalized spacial score (nSPS) is 13.5. The predicted octanol–water partition coefficient (Wildman–Crippen LogP) is -2.85. The van der Waals surface area contributed by atoms with Crippen LogP contribution < -0.4 is 38.5 Å². The number of thiol groups is 1. The zero-order chi connectivity index (χ0) is 32.8. The van der Waals surface area contributed by atoms with E-state index < -0.39 is 72.7 Å². The molecule has 4 amide bonds. The number of carboxylic acid groups (broad SMARTS) is 2. The number of rotatable bonds is 18. The first-order chi connectivity index (χ1) is 20.8. The molecule has 0 radical (unpaired) electrons. The maximum Gasteiger partial charge on any atom is 0.327 e. The van der Waals surface area contributed by atoms with Gasteiger partial charge in [-0.25, -0.2) is 4.79 Å². The highest BCUT2D eigenvalue weighted by molar-refractivity contribution is 7.80. The molecule has 1 aromatic carbocycles. The van der Waals surface area contributed by atoms with Gasteiger partial charge in [-0.1, -0.05) is 18.2 Å². The topological polar surface area (TPSA) is 297 Å². The molecule has 0 bridgehead atoms. The summed E-state index contributed by atoms with van der Waals surface area (Å²) in [5.74, 6) is -6.59. The maximum absolute atomic E-state index is 13.2. The molecular weight excluding hydrogens is 598 g/mol. The second kappa shape index (κ2) is 17.3. The SMILES string of the molecule is NC(N)=NCCC[C@H](N)C(=O)NCC(=O)N[C@@H](CC(=O)O)C(=O)N[C@@H](Cc1c[nH]c2ccccc12)C(=O)N[C@@H](CS)C(=O)O. The van der Waals surface area contributed by atoms with Crippen LogP contribution in [0.2, 0.25) is 0 Å². The van der Waals surface area contributed by atoms with E-state index in [1.807, 2.05) is 0 Å². The molecule has 1 heterocycles. The van der Waals surface area contributed by atoms with Crippen molar-refractivity contribution in [2.45, 2.75) is 49.9 Å². The number of nitrogens with two attached hydrogens (primary N) is 3. The lowest BCUT2D eigenvalue weighted by Gasteiger charge is -2.24. The molecule has 240 valence electrons. The number of nitrogens with zero attached hydrogens (tertiary/aromatic N) is 1. The first kappa shape index (κ1) is 35.4. The minimum absolute atomic E-state index is 0.105. The summed E-state index contributed by atoms with van der Waals surface area (Å²) < 4.78 is 0. The number of carbonyl (C=O) groups excluding carboxylic acids is 4. The largest absolute Gasteiger partial charge is 0.481 e. The van der Waals surface area contributed by atoms with E-state index in [4.69, 9.17) is 17.2 Å². The average molecular weight is 636 g/mol. The van der Waals surface area contributed by atoms with E-state index in [1.165, 1.54) is 0 Å². The summed E-state index contributed by atoms with van der Waals surface area (Å²) in [5.41, 5.74) is 17.6. The highest BCUT2D eigenvalue weighted by atomic mass is 32.1. The van der Waals surface area contributed by atoms with Crippen LogP contribution in [-0.2, 0) is 35.2 Å². The van der Waals surface area contributed by atoms with Crippen molar-refractivity contribution in [1.82, 2.24) is 26.3 Å². The van der Waals surface area contributed by atoms with Crippen LogP contribution in [0.4, 0.5) is 0 Å². The molecule has 0 spiro atoms. The Bertz CT molecular complexity index is 1380. The van der Waals surface area contributed by atoms with Gasteiger partial charge in [-0.05, 0) is 24.5 Å². The van der Waals surface area contributed by atoms with E-state index in [1.54, 1.807) is 30.5 Å². The quantitative estimate of drug-likeness (QED) is 0.0343. The first-order valence-corrected chi connectivity index (χ1v) is 14.0. The molecule has 44 heavy (non-hydrogen) atoms. The van der Waals surface area contributed by atoms with Gasteiger partial charge in [-0.3, -0.25) is 29.0 Å². The summed E-state index contributed by atoms with van der Waals surface area (Å²) in [4.78, 5) is 80.9. The lowest BCUT2D eigenvalue weighted by atomic mass is 10.0. The van der Waals surface area contributed by atoms with Gasteiger partial charge < -0.3 is 53.7 Å². The van der Waals surface area contributed by atoms with E-state index in [0.717, 1.165) is 10.9 Å². The predicted molar refractivity (Wildman–Crippen MR) is 162 cm³/mol. The van der Waals surface area contributed by atoms with Crippen molar-refractivity contribution < 1.29 is 39.0 Å². The van der Waals surface area contributed by atoms with Gasteiger partial charge >= 0.3 is 11.9 Å². The van der Waals surface area contributed by atoms with Gasteiger partial charge in [0.2, 0.25) is 23.6 Å². The number of para-hydroxylation sites is 1. The zero-order valence-electron chi connectivity index (χ0n) is 23.6. The van der Waals surface area contributed by atoms with Crippen molar-refractivity contribution in [3.8, 4) is 0 Å². The van der Waals surface area contributed by atoms with Crippen molar-refractivity contribution in [3.63, 3.8) is 0 Å². The number of hydrogen-bond donors (Lipinski definition) is 11. The van der Waals surface area contributed by atoms with Crippen LogP contribution in [0.25, 0.3) is 10.9 Å². The summed E-state index contributed by atoms with van der Waals surface area (Å²) >= 11 is 3.94. The molecule has 0 unspecified atom stereocenters. The number of fused-ring (bicyclic) bond motifs is 1.